The van der Waals surface area contributed by atoms with Gasteiger partial charge in [-0.1, -0.05) is 35.9 Å². The monoisotopic (exact) mass is 551 g/mol. The van der Waals surface area contributed by atoms with Gasteiger partial charge in [0.25, 0.3) is 0 Å². The van der Waals surface area contributed by atoms with Crippen LogP contribution in [0, 0.1) is 11.7 Å². The molecule has 2 aliphatic rings. The van der Waals surface area contributed by atoms with Crippen LogP contribution in [0.25, 0.3) is 0 Å². The number of methoxy groups -OCH3 is 1. The highest BCUT2D eigenvalue weighted by molar-refractivity contribution is 6.30. The largest absolute Gasteiger partial charge is 0.493 e. The summed E-state index contributed by atoms with van der Waals surface area (Å²) in [6, 6.07) is 17.5. The maximum Gasteiger partial charge on any atom is 0.228 e. The number of nitrogens with zero attached hydrogens (tertiary/aromatic N) is 1. The Labute approximate surface area is 234 Å². The number of benzene rings is 3. The summed E-state index contributed by atoms with van der Waals surface area (Å²) >= 11 is 6.23. The Morgan fingerprint density at radius 2 is 1.72 bits per heavy atom. The number of hydrogen-bond acceptors (Lipinski definition) is 4. The summed E-state index contributed by atoms with van der Waals surface area (Å²) in [6.45, 7) is 3.95. The minimum atomic E-state index is -0.727. The zero-order valence-corrected chi connectivity index (χ0v) is 23.3. The molecule has 3 aromatic rings. The van der Waals surface area contributed by atoms with Gasteiger partial charge in [0.05, 0.1) is 31.8 Å². The van der Waals surface area contributed by atoms with Crippen LogP contribution < -0.4 is 9.47 Å². The molecule has 3 aromatic carbocycles. The van der Waals surface area contributed by atoms with Crippen LogP contribution in [0.4, 0.5) is 4.39 Å². The van der Waals surface area contributed by atoms with E-state index in [1.165, 1.54) is 12.1 Å². The van der Waals surface area contributed by atoms with Gasteiger partial charge in [0, 0.05) is 11.1 Å². The second kappa shape index (κ2) is 11.6. The molecule has 0 bridgehead atoms. The summed E-state index contributed by atoms with van der Waals surface area (Å²) in [5.74, 6) is 1.00. The Morgan fingerprint density at radius 3 is 2.36 bits per heavy atom. The summed E-state index contributed by atoms with van der Waals surface area (Å²) in [4.78, 5) is 15.8. The number of amides is 1. The van der Waals surface area contributed by atoms with Gasteiger partial charge >= 0.3 is 0 Å². The molecule has 0 radical (unpaired) electrons. The Bertz CT molecular complexity index is 1320. The third-order valence-corrected chi connectivity index (χ3v) is 8.20. The van der Waals surface area contributed by atoms with Crippen molar-refractivity contribution in [3.8, 4) is 11.5 Å². The average Bonchev–Trinajstić information content (AvgIpc) is 2.92. The molecule has 0 spiro atoms. The van der Waals surface area contributed by atoms with Gasteiger partial charge in [-0.05, 0) is 104 Å². The van der Waals surface area contributed by atoms with Gasteiger partial charge in [-0.3, -0.25) is 4.79 Å². The fraction of sp³-hybridized carbons (Fsp3) is 0.406. The molecule has 5 rings (SSSR count). The van der Waals surface area contributed by atoms with Gasteiger partial charge in [0.1, 0.15) is 5.82 Å². The summed E-state index contributed by atoms with van der Waals surface area (Å²) in [5.41, 5.74) is 3.54. The van der Waals surface area contributed by atoms with E-state index in [0.717, 1.165) is 42.4 Å². The van der Waals surface area contributed by atoms with E-state index in [0.29, 0.717) is 22.1 Å². The summed E-state index contributed by atoms with van der Waals surface area (Å²) in [5, 5.41) is 11.6. The molecule has 1 aliphatic carbocycles. The number of halogens is 2. The number of ether oxygens (including phenoxy) is 2. The average molecular weight is 552 g/mol. The van der Waals surface area contributed by atoms with Gasteiger partial charge < -0.3 is 19.5 Å². The first-order chi connectivity index (χ1) is 18.7. The Kier molecular flexibility index (Phi) is 8.15. The van der Waals surface area contributed by atoms with E-state index in [9.17, 15) is 14.3 Å². The molecular formula is C32H35ClFNO4. The quantitative estimate of drug-likeness (QED) is 0.342. The van der Waals surface area contributed by atoms with Crippen molar-refractivity contribution in [3.05, 3.63) is 93.8 Å². The molecule has 39 heavy (non-hydrogen) atoms. The van der Waals surface area contributed by atoms with E-state index in [-0.39, 0.29) is 42.3 Å². The van der Waals surface area contributed by atoms with Gasteiger partial charge in [-0.2, -0.15) is 0 Å². The number of aliphatic hydroxyl groups is 1. The fourth-order valence-corrected chi connectivity index (χ4v) is 6.26. The lowest BCUT2D eigenvalue weighted by Gasteiger charge is -2.45. The normalized spacial score (nSPS) is 22.0. The lowest BCUT2D eigenvalue weighted by Crippen LogP contribution is -2.48. The predicted octanol–water partition coefficient (Wildman–Crippen LogP) is 7.04. The molecule has 7 heteroatoms. The van der Waals surface area contributed by atoms with Crippen LogP contribution in [0.1, 0.15) is 73.9 Å². The molecule has 0 aromatic heterocycles. The second-order valence-corrected chi connectivity index (χ2v) is 11.3. The van der Waals surface area contributed by atoms with E-state index in [1.54, 1.807) is 19.2 Å². The van der Waals surface area contributed by atoms with Crippen LogP contribution in [-0.4, -0.2) is 35.2 Å². The van der Waals surface area contributed by atoms with Crippen LogP contribution in [-0.2, 0) is 11.2 Å². The van der Waals surface area contributed by atoms with Crippen LogP contribution >= 0.6 is 11.6 Å². The Hall–Kier alpha value is -3.09. The number of rotatable bonds is 7. The smallest absolute Gasteiger partial charge is 0.228 e. The first-order valence-electron chi connectivity index (χ1n) is 13.6. The molecule has 1 aliphatic heterocycles. The Balaban J connectivity index is 1.47. The third kappa shape index (κ3) is 5.78. The summed E-state index contributed by atoms with van der Waals surface area (Å²) < 4.78 is 25.5. The highest BCUT2D eigenvalue weighted by atomic mass is 35.5. The van der Waals surface area contributed by atoms with Crippen LogP contribution in [0.2, 0.25) is 5.02 Å². The van der Waals surface area contributed by atoms with Crippen LogP contribution in [0.5, 0.6) is 11.5 Å². The van der Waals surface area contributed by atoms with E-state index < -0.39 is 6.10 Å². The van der Waals surface area contributed by atoms with Gasteiger partial charge in [0.2, 0.25) is 5.91 Å². The fourth-order valence-electron chi connectivity index (χ4n) is 6.14. The molecule has 2 unspecified atom stereocenters. The summed E-state index contributed by atoms with van der Waals surface area (Å²) in [7, 11) is 1.61. The van der Waals surface area contributed by atoms with Crippen LogP contribution in [0.3, 0.4) is 0 Å². The first-order valence-corrected chi connectivity index (χ1v) is 14.0. The molecule has 2 atom stereocenters. The molecule has 1 N–H and O–H groups in total. The summed E-state index contributed by atoms with van der Waals surface area (Å²) in [6.07, 6.45) is 2.53. The van der Waals surface area contributed by atoms with Crippen molar-refractivity contribution in [2.24, 2.45) is 5.92 Å². The van der Waals surface area contributed by atoms with Crippen molar-refractivity contribution in [2.45, 2.75) is 70.2 Å². The first kappa shape index (κ1) is 27.5. The minimum Gasteiger partial charge on any atom is -0.493 e. The molecule has 1 heterocycles. The number of carbonyl (C=O) groups excluding carboxylic acids is 1. The minimum absolute atomic E-state index is 0.0128. The Morgan fingerprint density at radius 1 is 1.00 bits per heavy atom. The molecule has 1 amide bonds. The SMILES string of the molecule is COc1cc2c(cc1OC(C)C)C(c1ccc(Cl)cc1)N([C@H]1CC[C@H](C(O)c3cccc(F)c3)CC1)C(=O)C2. The van der Waals surface area contributed by atoms with E-state index in [4.69, 9.17) is 21.1 Å². The maximum absolute atomic E-state index is 13.8. The predicted molar refractivity (Wildman–Crippen MR) is 150 cm³/mol. The molecule has 206 valence electrons. The maximum atomic E-state index is 13.8. The number of carbonyl (C=O) groups is 1. The van der Waals surface area contributed by atoms with Crippen molar-refractivity contribution in [1.29, 1.82) is 0 Å². The highest BCUT2D eigenvalue weighted by Crippen LogP contribution is 2.45. The zero-order valence-electron chi connectivity index (χ0n) is 22.6. The molecule has 1 fully saturated rings. The van der Waals surface area contributed by atoms with Crippen molar-refractivity contribution >= 4 is 17.5 Å². The standard InChI is InChI=1S/C32H35ClFNO4/c1-19(2)39-29-18-27-23(16-28(29)38-3)17-30(36)35(31(27)20-7-11-24(33)12-8-20)26-13-9-21(10-14-26)32(37)22-5-4-6-25(34)15-22/h4-8,11-12,15-16,18-19,21,26,31-32,37H,9-10,13-14,17H2,1-3H3/t21-,26-,31?,32?. The number of aliphatic hydroxyl groups excluding tert-OH is 1. The van der Waals surface area contributed by atoms with Crippen molar-refractivity contribution in [2.75, 3.05) is 7.11 Å². The van der Waals surface area contributed by atoms with Crippen molar-refractivity contribution < 1.29 is 23.8 Å². The van der Waals surface area contributed by atoms with Gasteiger partial charge in [-0.25, -0.2) is 4.39 Å². The van der Waals surface area contributed by atoms with E-state index >= 15 is 0 Å². The lowest BCUT2D eigenvalue weighted by molar-refractivity contribution is -0.137. The van der Waals surface area contributed by atoms with Gasteiger partial charge in [-0.15, -0.1) is 0 Å². The van der Waals surface area contributed by atoms with E-state index in [1.807, 2.05) is 55.1 Å². The topological polar surface area (TPSA) is 59.0 Å². The molecule has 1 saturated carbocycles. The third-order valence-electron chi connectivity index (χ3n) is 7.95. The second-order valence-electron chi connectivity index (χ2n) is 10.9. The van der Waals surface area contributed by atoms with Crippen molar-refractivity contribution in [1.82, 2.24) is 4.90 Å². The number of hydrogen-bond donors (Lipinski definition) is 1. The molecule has 0 saturated heterocycles. The highest BCUT2D eigenvalue weighted by Gasteiger charge is 2.41. The van der Waals surface area contributed by atoms with E-state index in [2.05, 4.69) is 0 Å². The van der Waals surface area contributed by atoms with Gasteiger partial charge in [0.15, 0.2) is 11.5 Å². The number of fused-ring (bicyclic) bond motifs is 1. The van der Waals surface area contributed by atoms with Crippen molar-refractivity contribution in [3.63, 3.8) is 0 Å². The molecular weight excluding hydrogens is 517 g/mol. The molecule has 5 nitrogen and oxygen atoms in total. The zero-order chi connectivity index (χ0) is 27.7. The lowest BCUT2D eigenvalue weighted by atomic mass is 9.78. The van der Waals surface area contributed by atoms with Crippen LogP contribution in [0.15, 0.2) is 60.7 Å².